The summed E-state index contributed by atoms with van der Waals surface area (Å²) in [6, 6.07) is 17.2. The number of alkyl halides is 2. The van der Waals surface area contributed by atoms with Gasteiger partial charge in [0.2, 0.25) is 0 Å². The first-order valence-electron chi connectivity index (χ1n) is 7.91. The number of para-hydroxylation sites is 1. The first-order chi connectivity index (χ1) is 12.6. The molecule has 2 heterocycles. The molecule has 7 heteroatoms. The van der Waals surface area contributed by atoms with E-state index in [1.165, 1.54) is 23.5 Å². The van der Waals surface area contributed by atoms with E-state index in [4.69, 9.17) is 0 Å². The summed E-state index contributed by atoms with van der Waals surface area (Å²) in [5.41, 5.74) is 1.93. The molecule has 4 rings (SSSR count). The van der Waals surface area contributed by atoms with Crippen LogP contribution in [0.25, 0.3) is 0 Å². The molecule has 0 aliphatic carbocycles. The fourth-order valence-electron chi connectivity index (χ4n) is 2.95. The normalized spacial score (nSPS) is 16.3. The van der Waals surface area contributed by atoms with Crippen molar-refractivity contribution >= 4 is 28.6 Å². The van der Waals surface area contributed by atoms with Gasteiger partial charge in [-0.3, -0.25) is 9.69 Å². The Balaban J connectivity index is 1.75. The summed E-state index contributed by atoms with van der Waals surface area (Å²) in [5, 5.41) is 5.33. The molecule has 4 nitrogen and oxygen atoms in total. The van der Waals surface area contributed by atoms with Gasteiger partial charge in [-0.25, -0.2) is 0 Å². The van der Waals surface area contributed by atoms with E-state index in [1.54, 1.807) is 23.1 Å². The average Bonchev–Trinajstić information content (AvgIpc) is 3.17. The van der Waals surface area contributed by atoms with Crippen LogP contribution in [-0.2, 0) is 0 Å². The van der Waals surface area contributed by atoms with Crippen LogP contribution in [0.5, 0.6) is 5.75 Å². The van der Waals surface area contributed by atoms with Crippen LogP contribution in [0.3, 0.4) is 0 Å². The standard InChI is InChI=1S/C19H14F2N2O2S/c20-19(21)25-13-9-7-12(8-10-13)23-17(16-6-3-11-26-16)22-15-5-2-1-4-14(15)18(23)24/h1-11,17,19,22H/t17-/m1/s1. The van der Waals surface area contributed by atoms with Gasteiger partial charge in [0.1, 0.15) is 11.9 Å². The van der Waals surface area contributed by atoms with Gasteiger partial charge in [-0.05, 0) is 47.8 Å². The van der Waals surface area contributed by atoms with Crippen LogP contribution in [0.1, 0.15) is 21.4 Å². The van der Waals surface area contributed by atoms with Crippen molar-refractivity contribution in [3.8, 4) is 5.75 Å². The molecular weight excluding hydrogens is 358 g/mol. The highest BCUT2D eigenvalue weighted by molar-refractivity contribution is 7.10. The SMILES string of the molecule is O=C1c2ccccc2N[C@@H](c2cccs2)N1c1ccc(OC(F)F)cc1. The number of hydrogen-bond donors (Lipinski definition) is 1. The number of carbonyl (C=O) groups is 1. The van der Waals surface area contributed by atoms with Crippen LogP contribution in [0.4, 0.5) is 20.2 Å². The molecule has 3 aromatic rings. The maximum Gasteiger partial charge on any atom is 0.387 e. The zero-order valence-corrected chi connectivity index (χ0v) is 14.2. The summed E-state index contributed by atoms with van der Waals surface area (Å²) in [6.07, 6.45) is -0.376. The number of nitrogens with zero attached hydrogens (tertiary/aromatic N) is 1. The molecule has 1 aliphatic heterocycles. The topological polar surface area (TPSA) is 41.6 Å². The Hall–Kier alpha value is -2.93. The third-order valence-electron chi connectivity index (χ3n) is 4.08. The second-order valence-electron chi connectivity index (χ2n) is 5.66. The molecule has 1 aliphatic rings. The molecule has 1 atom stereocenters. The van der Waals surface area contributed by atoms with E-state index in [-0.39, 0.29) is 17.8 Å². The van der Waals surface area contributed by atoms with E-state index >= 15 is 0 Å². The summed E-state index contributed by atoms with van der Waals surface area (Å²) in [4.78, 5) is 15.7. The zero-order chi connectivity index (χ0) is 18.1. The van der Waals surface area contributed by atoms with Crippen molar-refractivity contribution in [2.75, 3.05) is 10.2 Å². The first kappa shape index (κ1) is 16.5. The van der Waals surface area contributed by atoms with Crippen LogP contribution in [0.15, 0.2) is 66.0 Å². The lowest BCUT2D eigenvalue weighted by Crippen LogP contribution is -2.42. The number of halogens is 2. The second kappa shape index (κ2) is 6.76. The number of ether oxygens (including phenoxy) is 1. The monoisotopic (exact) mass is 372 g/mol. The van der Waals surface area contributed by atoms with E-state index < -0.39 is 6.61 Å². The number of amides is 1. The lowest BCUT2D eigenvalue weighted by Gasteiger charge is -2.37. The number of benzene rings is 2. The predicted octanol–water partition coefficient (Wildman–Crippen LogP) is 5.12. The Kier molecular flexibility index (Phi) is 4.30. The Morgan fingerprint density at radius 3 is 2.50 bits per heavy atom. The molecule has 0 fully saturated rings. The quantitative estimate of drug-likeness (QED) is 0.691. The molecule has 0 saturated carbocycles. The van der Waals surface area contributed by atoms with Crippen LogP contribution in [0, 0.1) is 0 Å². The molecule has 0 unspecified atom stereocenters. The Morgan fingerprint density at radius 1 is 1.04 bits per heavy atom. The van der Waals surface area contributed by atoms with Crippen LogP contribution >= 0.6 is 11.3 Å². The number of fused-ring (bicyclic) bond motifs is 1. The van der Waals surface area contributed by atoms with Crippen molar-refractivity contribution in [1.82, 2.24) is 0 Å². The molecule has 132 valence electrons. The molecule has 0 spiro atoms. The third kappa shape index (κ3) is 3.01. The van der Waals surface area contributed by atoms with Crippen molar-refractivity contribution in [3.05, 3.63) is 76.5 Å². The predicted molar refractivity (Wildman–Crippen MR) is 97.0 cm³/mol. The van der Waals surface area contributed by atoms with E-state index in [1.807, 2.05) is 35.7 Å². The van der Waals surface area contributed by atoms with Crippen molar-refractivity contribution in [2.24, 2.45) is 0 Å². The minimum Gasteiger partial charge on any atom is -0.435 e. The Labute approximate surface area is 152 Å². The van der Waals surface area contributed by atoms with E-state index in [0.717, 1.165) is 10.6 Å². The van der Waals surface area contributed by atoms with Gasteiger partial charge in [0.25, 0.3) is 5.91 Å². The molecule has 2 aromatic carbocycles. The number of nitrogens with one attached hydrogen (secondary N) is 1. The summed E-state index contributed by atoms with van der Waals surface area (Å²) < 4.78 is 29.1. The van der Waals surface area contributed by atoms with Gasteiger partial charge in [-0.15, -0.1) is 11.3 Å². The minimum atomic E-state index is -2.88. The van der Waals surface area contributed by atoms with Crippen molar-refractivity contribution < 1.29 is 18.3 Å². The van der Waals surface area contributed by atoms with E-state index in [9.17, 15) is 13.6 Å². The molecule has 1 aromatic heterocycles. The Bertz CT molecular complexity index is 914. The molecule has 0 bridgehead atoms. The zero-order valence-electron chi connectivity index (χ0n) is 13.4. The van der Waals surface area contributed by atoms with Gasteiger partial charge in [0, 0.05) is 16.3 Å². The van der Waals surface area contributed by atoms with Crippen molar-refractivity contribution in [1.29, 1.82) is 0 Å². The number of rotatable bonds is 4. The van der Waals surface area contributed by atoms with Gasteiger partial charge in [0.05, 0.1) is 5.56 Å². The van der Waals surface area contributed by atoms with Crippen molar-refractivity contribution in [2.45, 2.75) is 12.8 Å². The molecular formula is C19H14F2N2O2S. The fraction of sp³-hybridized carbons (Fsp3) is 0.105. The van der Waals surface area contributed by atoms with Crippen LogP contribution < -0.4 is 15.0 Å². The Morgan fingerprint density at radius 2 is 1.81 bits per heavy atom. The smallest absolute Gasteiger partial charge is 0.387 e. The molecule has 0 radical (unpaired) electrons. The van der Waals surface area contributed by atoms with Crippen LogP contribution in [-0.4, -0.2) is 12.5 Å². The second-order valence-corrected chi connectivity index (χ2v) is 6.63. The minimum absolute atomic E-state index is 0.0502. The van der Waals surface area contributed by atoms with Gasteiger partial charge < -0.3 is 10.1 Å². The maximum atomic E-state index is 13.1. The summed E-state index contributed by atoms with van der Waals surface area (Å²) in [5.74, 6) is -0.102. The summed E-state index contributed by atoms with van der Waals surface area (Å²) >= 11 is 1.54. The largest absolute Gasteiger partial charge is 0.435 e. The van der Waals surface area contributed by atoms with Crippen LogP contribution in [0.2, 0.25) is 0 Å². The number of hydrogen-bond acceptors (Lipinski definition) is 4. The molecule has 0 saturated heterocycles. The fourth-order valence-corrected chi connectivity index (χ4v) is 3.72. The lowest BCUT2D eigenvalue weighted by atomic mass is 10.1. The number of anilines is 2. The van der Waals surface area contributed by atoms with E-state index in [0.29, 0.717) is 11.3 Å². The van der Waals surface area contributed by atoms with Gasteiger partial charge in [-0.1, -0.05) is 18.2 Å². The van der Waals surface area contributed by atoms with Gasteiger partial charge in [0.15, 0.2) is 0 Å². The molecule has 26 heavy (non-hydrogen) atoms. The molecule has 1 N–H and O–H groups in total. The summed E-state index contributed by atoms with van der Waals surface area (Å²) in [7, 11) is 0. The van der Waals surface area contributed by atoms with Gasteiger partial charge >= 0.3 is 6.61 Å². The highest BCUT2D eigenvalue weighted by Crippen LogP contribution is 2.38. The lowest BCUT2D eigenvalue weighted by molar-refractivity contribution is -0.0498. The summed E-state index contributed by atoms with van der Waals surface area (Å²) in [6.45, 7) is -2.88. The highest BCUT2D eigenvalue weighted by atomic mass is 32.1. The number of carbonyl (C=O) groups excluding carboxylic acids is 1. The van der Waals surface area contributed by atoms with Crippen molar-refractivity contribution in [3.63, 3.8) is 0 Å². The van der Waals surface area contributed by atoms with E-state index in [2.05, 4.69) is 10.1 Å². The van der Waals surface area contributed by atoms with Gasteiger partial charge in [-0.2, -0.15) is 8.78 Å². The highest BCUT2D eigenvalue weighted by Gasteiger charge is 2.34. The third-order valence-corrected chi connectivity index (χ3v) is 5.00. The number of thiophene rings is 1. The average molecular weight is 372 g/mol. The molecule has 1 amide bonds. The first-order valence-corrected chi connectivity index (χ1v) is 8.79. The maximum absolute atomic E-state index is 13.1.